The Labute approximate surface area is 124 Å². The van der Waals surface area contributed by atoms with Crippen LogP contribution in [0, 0.1) is 0 Å². The minimum absolute atomic E-state index is 0.430. The lowest BCUT2D eigenvalue weighted by Gasteiger charge is -2.22. The second-order valence-electron chi connectivity index (χ2n) is 5.57. The summed E-state index contributed by atoms with van der Waals surface area (Å²) in [5.74, 6) is 2.50. The van der Waals surface area contributed by atoms with Gasteiger partial charge in [-0.1, -0.05) is 0 Å². The van der Waals surface area contributed by atoms with E-state index in [9.17, 15) is 0 Å². The number of ether oxygens (including phenoxy) is 2. The van der Waals surface area contributed by atoms with E-state index in [0.717, 1.165) is 34.6 Å². The molecule has 5 nitrogen and oxygen atoms in total. The zero-order valence-corrected chi connectivity index (χ0v) is 12.7. The van der Waals surface area contributed by atoms with Crippen molar-refractivity contribution in [3.63, 3.8) is 0 Å². The molecule has 1 atom stereocenters. The maximum atomic E-state index is 5.66. The largest absolute Gasteiger partial charge is 0.486 e. The molecule has 1 N–H and O–H groups in total. The summed E-state index contributed by atoms with van der Waals surface area (Å²) in [6, 6.07) is 6.46. The fraction of sp³-hybridized carbons (Fsp3) is 0.438. The zero-order chi connectivity index (χ0) is 14.8. The molecular weight excluding hydrogens is 266 g/mol. The fourth-order valence-corrected chi connectivity index (χ4v) is 2.28. The van der Waals surface area contributed by atoms with Crippen LogP contribution in [-0.4, -0.2) is 49.8 Å². The Morgan fingerprint density at radius 2 is 1.95 bits per heavy atom. The Balaban J connectivity index is 1.91. The van der Waals surface area contributed by atoms with Crippen LogP contribution in [0.1, 0.15) is 6.92 Å². The van der Waals surface area contributed by atoms with E-state index in [1.807, 2.05) is 24.4 Å². The molecule has 1 aromatic heterocycles. The number of likely N-dealkylation sites (N-methyl/N-ethyl adjacent to an activating group) is 1. The molecule has 2 heterocycles. The van der Waals surface area contributed by atoms with Gasteiger partial charge < -0.3 is 19.7 Å². The smallest absolute Gasteiger partial charge is 0.162 e. The molecule has 0 spiro atoms. The van der Waals surface area contributed by atoms with Crippen LogP contribution < -0.4 is 14.8 Å². The molecule has 0 amide bonds. The molecule has 0 aliphatic carbocycles. The average molecular weight is 287 g/mol. The standard InChI is InChI=1S/C16H21N3O2/c1-11(19(2)3)10-18-16-13-9-15-14(20-6-7-21-15)8-12(13)4-5-17-16/h4-5,8-9,11H,6-7,10H2,1-3H3,(H,17,18). The lowest BCUT2D eigenvalue weighted by Crippen LogP contribution is -2.31. The van der Waals surface area contributed by atoms with E-state index in [-0.39, 0.29) is 0 Å². The Hall–Kier alpha value is -2.01. The van der Waals surface area contributed by atoms with Gasteiger partial charge >= 0.3 is 0 Å². The molecule has 112 valence electrons. The summed E-state index contributed by atoms with van der Waals surface area (Å²) in [7, 11) is 4.15. The zero-order valence-electron chi connectivity index (χ0n) is 12.7. The topological polar surface area (TPSA) is 46.6 Å². The highest BCUT2D eigenvalue weighted by Gasteiger charge is 2.15. The van der Waals surface area contributed by atoms with Gasteiger partial charge in [0, 0.05) is 24.2 Å². The number of pyridine rings is 1. The number of fused-ring (bicyclic) bond motifs is 2. The third-order valence-corrected chi connectivity index (χ3v) is 3.87. The van der Waals surface area contributed by atoms with Gasteiger partial charge in [0.05, 0.1) is 0 Å². The highest BCUT2D eigenvalue weighted by molar-refractivity contribution is 5.94. The Bertz CT molecular complexity index is 643. The number of hydrogen-bond acceptors (Lipinski definition) is 5. The maximum Gasteiger partial charge on any atom is 0.162 e. The van der Waals surface area contributed by atoms with Crippen LogP contribution in [-0.2, 0) is 0 Å². The second-order valence-corrected chi connectivity index (χ2v) is 5.57. The van der Waals surface area contributed by atoms with E-state index in [1.165, 1.54) is 0 Å². The predicted octanol–water partition coefficient (Wildman–Crippen LogP) is 2.37. The van der Waals surface area contributed by atoms with Crippen molar-refractivity contribution in [1.82, 2.24) is 9.88 Å². The normalized spacial score (nSPS) is 15.2. The van der Waals surface area contributed by atoms with Gasteiger partial charge in [0.15, 0.2) is 11.5 Å². The molecule has 1 aliphatic heterocycles. The van der Waals surface area contributed by atoms with Gasteiger partial charge in [-0.15, -0.1) is 0 Å². The molecule has 1 aliphatic rings. The first kappa shape index (κ1) is 13.9. The molecule has 1 aromatic carbocycles. The van der Waals surface area contributed by atoms with Gasteiger partial charge in [0.1, 0.15) is 19.0 Å². The van der Waals surface area contributed by atoms with Crippen molar-refractivity contribution in [3.8, 4) is 11.5 Å². The van der Waals surface area contributed by atoms with E-state index in [4.69, 9.17) is 9.47 Å². The van der Waals surface area contributed by atoms with Crippen LogP contribution in [0.5, 0.6) is 11.5 Å². The third-order valence-electron chi connectivity index (χ3n) is 3.87. The van der Waals surface area contributed by atoms with E-state index in [0.29, 0.717) is 19.3 Å². The van der Waals surface area contributed by atoms with E-state index < -0.39 is 0 Å². The summed E-state index contributed by atoms with van der Waals surface area (Å²) in [6.45, 7) is 4.22. The van der Waals surface area contributed by atoms with Crippen LogP contribution in [0.2, 0.25) is 0 Å². The summed E-state index contributed by atoms with van der Waals surface area (Å²) in [4.78, 5) is 6.64. The molecule has 1 unspecified atom stereocenters. The number of nitrogens with zero attached hydrogens (tertiary/aromatic N) is 2. The van der Waals surface area contributed by atoms with Gasteiger partial charge in [0.25, 0.3) is 0 Å². The number of aromatic nitrogens is 1. The first-order chi connectivity index (χ1) is 10.1. The van der Waals surface area contributed by atoms with E-state index in [1.54, 1.807) is 0 Å². The minimum atomic E-state index is 0.430. The molecule has 3 rings (SSSR count). The molecule has 21 heavy (non-hydrogen) atoms. The van der Waals surface area contributed by atoms with Crippen molar-refractivity contribution in [1.29, 1.82) is 0 Å². The second kappa shape index (κ2) is 5.77. The number of hydrogen-bond donors (Lipinski definition) is 1. The van der Waals surface area contributed by atoms with Gasteiger partial charge in [-0.05, 0) is 44.6 Å². The van der Waals surface area contributed by atoms with Gasteiger partial charge in [-0.2, -0.15) is 0 Å². The highest BCUT2D eigenvalue weighted by Crippen LogP contribution is 2.36. The minimum Gasteiger partial charge on any atom is -0.486 e. The van der Waals surface area contributed by atoms with Gasteiger partial charge in [-0.3, -0.25) is 0 Å². The maximum absolute atomic E-state index is 5.66. The summed E-state index contributed by atoms with van der Waals surface area (Å²) < 4.78 is 11.3. The summed E-state index contributed by atoms with van der Waals surface area (Å²) in [5.41, 5.74) is 0. The van der Waals surface area contributed by atoms with Crippen molar-refractivity contribution in [3.05, 3.63) is 24.4 Å². The molecule has 5 heteroatoms. The van der Waals surface area contributed by atoms with E-state index >= 15 is 0 Å². The van der Waals surface area contributed by atoms with Crippen molar-refractivity contribution >= 4 is 16.6 Å². The third kappa shape index (κ3) is 2.88. The van der Waals surface area contributed by atoms with Crippen LogP contribution in [0.3, 0.4) is 0 Å². The first-order valence-corrected chi connectivity index (χ1v) is 7.24. The average Bonchev–Trinajstić information content (AvgIpc) is 2.50. The Kier molecular flexibility index (Phi) is 3.84. The fourth-order valence-electron chi connectivity index (χ4n) is 2.28. The molecule has 2 aromatic rings. The van der Waals surface area contributed by atoms with Crippen molar-refractivity contribution in [2.45, 2.75) is 13.0 Å². The molecule has 0 bridgehead atoms. The molecular formula is C16H21N3O2. The number of rotatable bonds is 4. The predicted molar refractivity (Wildman–Crippen MR) is 84.4 cm³/mol. The SMILES string of the molecule is CC(CNc1nccc2cc3c(cc12)OCCO3)N(C)C. The monoisotopic (exact) mass is 287 g/mol. The van der Waals surface area contributed by atoms with Crippen molar-refractivity contribution < 1.29 is 9.47 Å². The Morgan fingerprint density at radius 3 is 2.67 bits per heavy atom. The quantitative estimate of drug-likeness (QED) is 0.935. The lowest BCUT2D eigenvalue weighted by molar-refractivity contribution is 0.172. The van der Waals surface area contributed by atoms with Crippen LogP contribution in [0.25, 0.3) is 10.8 Å². The summed E-state index contributed by atoms with van der Waals surface area (Å²) in [5, 5.41) is 5.59. The Morgan fingerprint density at radius 1 is 1.24 bits per heavy atom. The van der Waals surface area contributed by atoms with Crippen molar-refractivity contribution in [2.24, 2.45) is 0 Å². The molecule has 0 saturated heterocycles. The summed E-state index contributed by atoms with van der Waals surface area (Å²) in [6.07, 6.45) is 1.82. The highest BCUT2D eigenvalue weighted by atomic mass is 16.6. The number of benzene rings is 1. The molecule has 0 fully saturated rings. The molecule has 0 saturated carbocycles. The van der Waals surface area contributed by atoms with E-state index in [2.05, 4.69) is 36.2 Å². The van der Waals surface area contributed by atoms with Crippen LogP contribution in [0.15, 0.2) is 24.4 Å². The number of anilines is 1. The lowest BCUT2D eigenvalue weighted by atomic mass is 10.1. The van der Waals surface area contributed by atoms with Crippen molar-refractivity contribution in [2.75, 3.05) is 39.2 Å². The summed E-state index contributed by atoms with van der Waals surface area (Å²) >= 11 is 0. The number of nitrogens with one attached hydrogen (secondary N) is 1. The van der Waals surface area contributed by atoms with Gasteiger partial charge in [-0.25, -0.2) is 4.98 Å². The van der Waals surface area contributed by atoms with Gasteiger partial charge in [0.2, 0.25) is 0 Å². The first-order valence-electron chi connectivity index (χ1n) is 7.24. The molecule has 0 radical (unpaired) electrons. The van der Waals surface area contributed by atoms with Crippen LogP contribution >= 0.6 is 0 Å². The van der Waals surface area contributed by atoms with Crippen LogP contribution in [0.4, 0.5) is 5.82 Å².